The topological polar surface area (TPSA) is 26.0 Å². The highest BCUT2D eigenvalue weighted by Gasteiger charge is 2.26. The van der Waals surface area contributed by atoms with Crippen LogP contribution in [0.25, 0.3) is 0 Å². The molecule has 1 fully saturated rings. The van der Waals surface area contributed by atoms with E-state index in [-0.39, 0.29) is 5.54 Å². The quantitative estimate of drug-likeness (QED) is 0.691. The van der Waals surface area contributed by atoms with E-state index in [1.165, 1.54) is 56.5 Å². The molecule has 0 bridgehead atoms. The van der Waals surface area contributed by atoms with Gasteiger partial charge in [0.2, 0.25) is 0 Å². The first kappa shape index (κ1) is 11.4. The smallest absolute Gasteiger partial charge is 0.0154 e. The predicted molar refractivity (Wildman–Crippen MR) is 62.2 cm³/mol. The van der Waals surface area contributed by atoms with Crippen LogP contribution in [0, 0.1) is 0 Å². The second-order valence-electron chi connectivity index (χ2n) is 4.22. The van der Waals surface area contributed by atoms with Gasteiger partial charge in [-0.2, -0.15) is 11.8 Å². The fourth-order valence-corrected chi connectivity index (χ4v) is 2.81. The molecule has 0 aromatic heterocycles. The maximum atomic E-state index is 6.33. The highest BCUT2D eigenvalue weighted by atomic mass is 32.2. The largest absolute Gasteiger partial charge is 0.325 e. The zero-order chi connectivity index (χ0) is 9.57. The Balaban J connectivity index is 2.10. The molecule has 78 valence electrons. The van der Waals surface area contributed by atoms with Gasteiger partial charge >= 0.3 is 0 Å². The zero-order valence-electron chi connectivity index (χ0n) is 8.85. The minimum atomic E-state index is 0.215. The fraction of sp³-hybridized carbons (Fsp3) is 1.00. The Morgan fingerprint density at radius 1 is 1.23 bits per heavy atom. The third-order valence-electron chi connectivity index (χ3n) is 3.02. The molecule has 2 heteroatoms. The van der Waals surface area contributed by atoms with Gasteiger partial charge in [-0.1, -0.05) is 26.2 Å². The summed E-state index contributed by atoms with van der Waals surface area (Å²) in [5, 5.41) is 0. The van der Waals surface area contributed by atoms with E-state index in [0.717, 1.165) is 0 Å². The van der Waals surface area contributed by atoms with Gasteiger partial charge in [-0.25, -0.2) is 0 Å². The fourth-order valence-electron chi connectivity index (χ4n) is 2.18. The SMILES string of the molecule is CCSCCCC1(N)CCCCC1. The van der Waals surface area contributed by atoms with Crippen LogP contribution < -0.4 is 5.73 Å². The standard InChI is InChI=1S/C11H23NS/c1-2-13-10-6-9-11(12)7-4-3-5-8-11/h2-10,12H2,1H3. The molecular formula is C11H23NS. The molecule has 0 heterocycles. The minimum Gasteiger partial charge on any atom is -0.325 e. The summed E-state index contributed by atoms with van der Waals surface area (Å²) in [6, 6.07) is 0. The van der Waals surface area contributed by atoms with Crippen LogP contribution in [0.5, 0.6) is 0 Å². The van der Waals surface area contributed by atoms with Crippen molar-refractivity contribution in [1.29, 1.82) is 0 Å². The van der Waals surface area contributed by atoms with E-state index in [9.17, 15) is 0 Å². The first-order valence-corrected chi connectivity index (χ1v) is 6.79. The third kappa shape index (κ3) is 4.37. The van der Waals surface area contributed by atoms with Crippen LogP contribution >= 0.6 is 11.8 Å². The average molecular weight is 201 g/mol. The van der Waals surface area contributed by atoms with Crippen LogP contribution in [0.4, 0.5) is 0 Å². The monoisotopic (exact) mass is 201 g/mol. The second kappa shape index (κ2) is 5.92. The average Bonchev–Trinajstić information content (AvgIpc) is 2.14. The van der Waals surface area contributed by atoms with Crippen LogP contribution in [0.2, 0.25) is 0 Å². The summed E-state index contributed by atoms with van der Waals surface area (Å²) in [6.45, 7) is 2.23. The number of nitrogens with two attached hydrogens (primary N) is 1. The lowest BCUT2D eigenvalue weighted by Crippen LogP contribution is -2.41. The lowest BCUT2D eigenvalue weighted by Gasteiger charge is -2.33. The van der Waals surface area contributed by atoms with Crippen molar-refractivity contribution in [3.63, 3.8) is 0 Å². The lowest BCUT2D eigenvalue weighted by molar-refractivity contribution is 0.276. The summed E-state index contributed by atoms with van der Waals surface area (Å²) in [5.74, 6) is 2.55. The molecule has 2 N–H and O–H groups in total. The molecule has 0 spiro atoms. The maximum absolute atomic E-state index is 6.33. The van der Waals surface area contributed by atoms with E-state index in [4.69, 9.17) is 5.73 Å². The Kier molecular flexibility index (Phi) is 5.18. The van der Waals surface area contributed by atoms with Gasteiger partial charge in [-0.3, -0.25) is 0 Å². The van der Waals surface area contributed by atoms with Crippen LogP contribution in [0.1, 0.15) is 51.9 Å². The number of hydrogen-bond donors (Lipinski definition) is 1. The van der Waals surface area contributed by atoms with Gasteiger partial charge in [-0.15, -0.1) is 0 Å². The van der Waals surface area contributed by atoms with E-state index in [0.29, 0.717) is 0 Å². The van der Waals surface area contributed by atoms with E-state index in [1.54, 1.807) is 0 Å². The maximum Gasteiger partial charge on any atom is 0.0154 e. The van der Waals surface area contributed by atoms with Crippen LogP contribution in [-0.4, -0.2) is 17.0 Å². The zero-order valence-corrected chi connectivity index (χ0v) is 9.67. The second-order valence-corrected chi connectivity index (χ2v) is 5.62. The number of rotatable bonds is 5. The van der Waals surface area contributed by atoms with E-state index < -0.39 is 0 Å². The first-order chi connectivity index (χ1) is 6.27. The normalized spacial score (nSPS) is 21.7. The Morgan fingerprint density at radius 3 is 2.54 bits per heavy atom. The molecule has 0 aromatic carbocycles. The highest BCUT2D eigenvalue weighted by molar-refractivity contribution is 7.99. The summed E-state index contributed by atoms with van der Waals surface area (Å²) < 4.78 is 0. The summed E-state index contributed by atoms with van der Waals surface area (Å²) in [4.78, 5) is 0. The molecule has 1 saturated carbocycles. The molecule has 0 saturated heterocycles. The van der Waals surface area contributed by atoms with E-state index in [1.807, 2.05) is 11.8 Å². The van der Waals surface area contributed by atoms with Crippen molar-refractivity contribution >= 4 is 11.8 Å². The van der Waals surface area contributed by atoms with Crippen LogP contribution in [-0.2, 0) is 0 Å². The predicted octanol–water partition coefficient (Wildman–Crippen LogP) is 3.18. The van der Waals surface area contributed by atoms with Crippen molar-refractivity contribution in [2.45, 2.75) is 57.4 Å². The molecule has 0 amide bonds. The van der Waals surface area contributed by atoms with Crippen molar-refractivity contribution in [3.8, 4) is 0 Å². The lowest BCUT2D eigenvalue weighted by atomic mass is 9.80. The Hall–Kier alpha value is 0.310. The Bertz CT molecular complexity index is 130. The van der Waals surface area contributed by atoms with Crippen molar-refractivity contribution in [3.05, 3.63) is 0 Å². The molecule has 0 unspecified atom stereocenters. The molecule has 0 aliphatic heterocycles. The number of thioether (sulfide) groups is 1. The first-order valence-electron chi connectivity index (χ1n) is 5.63. The molecule has 0 radical (unpaired) electrons. The summed E-state index contributed by atoms with van der Waals surface area (Å²) >= 11 is 2.04. The van der Waals surface area contributed by atoms with Gasteiger partial charge in [0.25, 0.3) is 0 Å². The Morgan fingerprint density at radius 2 is 1.92 bits per heavy atom. The summed E-state index contributed by atoms with van der Waals surface area (Å²) in [5.41, 5.74) is 6.55. The number of hydrogen-bond acceptors (Lipinski definition) is 2. The van der Waals surface area contributed by atoms with Crippen molar-refractivity contribution < 1.29 is 0 Å². The molecule has 1 aliphatic carbocycles. The van der Waals surface area contributed by atoms with E-state index >= 15 is 0 Å². The van der Waals surface area contributed by atoms with Crippen LogP contribution in [0.3, 0.4) is 0 Å². The molecule has 13 heavy (non-hydrogen) atoms. The minimum absolute atomic E-state index is 0.215. The third-order valence-corrected chi connectivity index (χ3v) is 4.00. The molecule has 1 aliphatic rings. The van der Waals surface area contributed by atoms with Gasteiger partial charge in [0.1, 0.15) is 0 Å². The Labute approximate surface area is 86.8 Å². The van der Waals surface area contributed by atoms with Gasteiger partial charge in [0.15, 0.2) is 0 Å². The molecular weight excluding hydrogens is 178 g/mol. The molecule has 1 rings (SSSR count). The van der Waals surface area contributed by atoms with Crippen molar-refractivity contribution in [2.24, 2.45) is 5.73 Å². The van der Waals surface area contributed by atoms with E-state index in [2.05, 4.69) is 6.92 Å². The summed E-state index contributed by atoms with van der Waals surface area (Å²) in [6.07, 6.45) is 9.22. The molecule has 1 nitrogen and oxygen atoms in total. The van der Waals surface area contributed by atoms with Gasteiger partial charge in [0.05, 0.1) is 0 Å². The van der Waals surface area contributed by atoms with Crippen molar-refractivity contribution in [2.75, 3.05) is 11.5 Å². The van der Waals surface area contributed by atoms with Gasteiger partial charge in [-0.05, 0) is 37.2 Å². The molecule has 0 aromatic rings. The van der Waals surface area contributed by atoms with Crippen molar-refractivity contribution in [1.82, 2.24) is 0 Å². The molecule has 0 atom stereocenters. The van der Waals surface area contributed by atoms with Gasteiger partial charge in [0, 0.05) is 5.54 Å². The van der Waals surface area contributed by atoms with Crippen LogP contribution in [0.15, 0.2) is 0 Å². The highest BCUT2D eigenvalue weighted by Crippen LogP contribution is 2.29. The van der Waals surface area contributed by atoms with Gasteiger partial charge < -0.3 is 5.73 Å². The summed E-state index contributed by atoms with van der Waals surface area (Å²) in [7, 11) is 0.